The Morgan fingerprint density at radius 3 is 2.36 bits per heavy atom. The molecule has 0 atom stereocenters. The van der Waals surface area contributed by atoms with Crippen molar-refractivity contribution in [3.8, 4) is 5.75 Å². The number of methoxy groups -OCH3 is 1. The van der Waals surface area contributed by atoms with Crippen LogP contribution in [0.4, 0.5) is 5.69 Å². The van der Waals surface area contributed by atoms with Crippen molar-refractivity contribution in [3.05, 3.63) is 76.7 Å². The van der Waals surface area contributed by atoms with Crippen molar-refractivity contribution in [2.24, 2.45) is 4.99 Å². The Kier molecular flexibility index (Phi) is 6.94. The average Bonchev–Trinajstić information content (AvgIpc) is 3.19. The minimum absolute atomic E-state index is 0.143. The predicted molar refractivity (Wildman–Crippen MR) is 139 cm³/mol. The Bertz CT molecular complexity index is 1090. The molecule has 5 nitrogen and oxygen atoms in total. The van der Waals surface area contributed by atoms with E-state index < -0.39 is 0 Å². The number of hydrogen-bond acceptors (Lipinski definition) is 5. The van der Waals surface area contributed by atoms with Crippen molar-refractivity contribution in [1.82, 2.24) is 4.90 Å². The molecule has 0 aliphatic carbocycles. The van der Waals surface area contributed by atoms with E-state index in [0.717, 1.165) is 48.3 Å². The van der Waals surface area contributed by atoms with Gasteiger partial charge in [-0.2, -0.15) is 4.99 Å². The Hall–Kier alpha value is -2.99. The Morgan fingerprint density at radius 2 is 1.70 bits per heavy atom. The molecule has 0 unspecified atom stereocenters. The number of ether oxygens (including phenoxy) is 1. The molecule has 33 heavy (non-hydrogen) atoms. The van der Waals surface area contributed by atoms with Crippen molar-refractivity contribution < 1.29 is 9.53 Å². The molecule has 1 amide bonds. The summed E-state index contributed by atoms with van der Waals surface area (Å²) in [4.78, 5) is 21.9. The van der Waals surface area contributed by atoms with Gasteiger partial charge in [0.15, 0.2) is 5.17 Å². The van der Waals surface area contributed by atoms with E-state index in [1.807, 2.05) is 30.4 Å². The molecule has 2 heterocycles. The van der Waals surface area contributed by atoms with E-state index in [-0.39, 0.29) is 11.3 Å². The molecule has 0 bridgehead atoms. The Labute approximate surface area is 200 Å². The molecule has 2 aliphatic heterocycles. The highest BCUT2D eigenvalue weighted by Gasteiger charge is 2.28. The van der Waals surface area contributed by atoms with Gasteiger partial charge in [-0.3, -0.25) is 4.79 Å². The number of carbonyl (C=O) groups is 1. The summed E-state index contributed by atoms with van der Waals surface area (Å²) < 4.78 is 5.34. The predicted octanol–water partition coefficient (Wildman–Crippen LogP) is 5.34. The van der Waals surface area contributed by atoms with Crippen molar-refractivity contribution in [2.45, 2.75) is 26.2 Å². The summed E-state index contributed by atoms with van der Waals surface area (Å²) in [5.41, 5.74) is 3.73. The molecular formula is C27H31N3O2S. The van der Waals surface area contributed by atoms with Gasteiger partial charge < -0.3 is 14.5 Å². The lowest BCUT2D eigenvalue weighted by atomic mass is 9.87. The van der Waals surface area contributed by atoms with Gasteiger partial charge in [-0.05, 0) is 46.5 Å². The first-order valence-electron chi connectivity index (χ1n) is 11.3. The van der Waals surface area contributed by atoms with E-state index in [9.17, 15) is 4.79 Å². The maximum Gasteiger partial charge on any atom is 0.286 e. The molecule has 0 saturated carbocycles. The van der Waals surface area contributed by atoms with Crippen LogP contribution in [0, 0.1) is 0 Å². The monoisotopic (exact) mass is 461 g/mol. The van der Waals surface area contributed by atoms with Gasteiger partial charge in [0.2, 0.25) is 0 Å². The number of amides is 1. The van der Waals surface area contributed by atoms with Gasteiger partial charge in [0.25, 0.3) is 5.91 Å². The van der Waals surface area contributed by atoms with Gasteiger partial charge >= 0.3 is 0 Å². The van der Waals surface area contributed by atoms with Crippen LogP contribution < -0.4 is 9.64 Å². The number of piperazine rings is 1. The number of rotatable bonds is 4. The number of benzene rings is 2. The number of hydrogen-bond donors (Lipinski definition) is 0. The van der Waals surface area contributed by atoms with Crippen molar-refractivity contribution in [3.63, 3.8) is 0 Å². The van der Waals surface area contributed by atoms with E-state index >= 15 is 0 Å². The summed E-state index contributed by atoms with van der Waals surface area (Å²) in [6.07, 6.45) is 5.83. The molecule has 0 aromatic heterocycles. The quantitative estimate of drug-likeness (QED) is 0.575. The fourth-order valence-electron chi connectivity index (χ4n) is 3.85. The standard InChI is InChI=1S/C27H31N3O2S/c1-27(2,3)21-13-11-20(12-14-21)7-5-10-24-25(31)28-26(33-24)30-17-15-29(16-18-30)22-8-6-9-23(19-22)32-4/h5-14,19H,15-18H2,1-4H3. The normalized spacial score (nSPS) is 18.4. The van der Waals surface area contributed by atoms with E-state index in [2.05, 4.69) is 72.0 Å². The van der Waals surface area contributed by atoms with Crippen LogP contribution in [0.15, 0.2) is 70.6 Å². The SMILES string of the molecule is COc1cccc(N2CCN(C3=NC(=O)C(=CC=Cc4ccc(C(C)(C)C)cc4)S3)CC2)c1. The number of amidine groups is 1. The minimum Gasteiger partial charge on any atom is -0.497 e. The third-order valence-electron chi connectivity index (χ3n) is 5.89. The first-order chi connectivity index (χ1) is 15.8. The highest BCUT2D eigenvalue weighted by molar-refractivity contribution is 8.18. The molecule has 4 rings (SSSR count). The van der Waals surface area contributed by atoms with Gasteiger partial charge in [-0.15, -0.1) is 0 Å². The van der Waals surface area contributed by atoms with Crippen LogP contribution >= 0.6 is 11.8 Å². The van der Waals surface area contributed by atoms with Crippen LogP contribution in [-0.2, 0) is 10.2 Å². The van der Waals surface area contributed by atoms with Crippen molar-refractivity contribution in [1.29, 1.82) is 0 Å². The van der Waals surface area contributed by atoms with Gasteiger partial charge in [0.1, 0.15) is 5.75 Å². The first kappa shape index (κ1) is 23.2. The molecule has 6 heteroatoms. The number of allylic oxidation sites excluding steroid dienone is 2. The van der Waals surface area contributed by atoms with Crippen LogP contribution in [0.3, 0.4) is 0 Å². The van der Waals surface area contributed by atoms with Crippen LogP contribution in [0.25, 0.3) is 6.08 Å². The fraction of sp³-hybridized carbons (Fsp3) is 0.333. The van der Waals surface area contributed by atoms with E-state index in [0.29, 0.717) is 4.91 Å². The minimum atomic E-state index is -0.155. The van der Waals surface area contributed by atoms with Crippen molar-refractivity contribution >= 4 is 34.6 Å². The Balaban J connectivity index is 1.33. The smallest absolute Gasteiger partial charge is 0.286 e. The molecule has 2 aromatic rings. The second kappa shape index (κ2) is 9.87. The molecule has 172 valence electrons. The number of thioether (sulfide) groups is 1. The molecule has 2 aromatic carbocycles. The second-order valence-corrected chi connectivity index (χ2v) is 10.2. The van der Waals surface area contributed by atoms with Gasteiger partial charge in [0, 0.05) is 37.9 Å². The summed E-state index contributed by atoms with van der Waals surface area (Å²) in [6.45, 7) is 10.1. The van der Waals surface area contributed by atoms with E-state index in [1.54, 1.807) is 7.11 Å². The lowest BCUT2D eigenvalue weighted by Gasteiger charge is -2.36. The third-order valence-corrected chi connectivity index (χ3v) is 6.95. The maximum atomic E-state index is 12.4. The summed E-state index contributed by atoms with van der Waals surface area (Å²) in [5, 5.41) is 0.805. The molecule has 0 spiro atoms. The molecule has 1 saturated heterocycles. The molecule has 0 radical (unpaired) electrons. The topological polar surface area (TPSA) is 45.1 Å². The molecular weight excluding hydrogens is 430 g/mol. The molecule has 0 N–H and O–H groups in total. The highest BCUT2D eigenvalue weighted by Crippen LogP contribution is 2.30. The van der Waals surface area contributed by atoms with Gasteiger partial charge in [-0.25, -0.2) is 0 Å². The molecule has 1 fully saturated rings. The highest BCUT2D eigenvalue weighted by atomic mass is 32.2. The average molecular weight is 462 g/mol. The van der Waals surface area contributed by atoms with Gasteiger partial charge in [-0.1, -0.05) is 63.3 Å². The lowest BCUT2D eigenvalue weighted by molar-refractivity contribution is -0.113. The number of carbonyl (C=O) groups excluding carboxylic acids is 1. The van der Waals surface area contributed by atoms with Gasteiger partial charge in [0.05, 0.1) is 12.0 Å². The van der Waals surface area contributed by atoms with Crippen LogP contribution in [0.2, 0.25) is 0 Å². The zero-order valence-corrected chi connectivity index (χ0v) is 20.6. The lowest BCUT2D eigenvalue weighted by Crippen LogP contribution is -2.47. The number of anilines is 1. The largest absolute Gasteiger partial charge is 0.497 e. The van der Waals surface area contributed by atoms with Crippen LogP contribution in [0.1, 0.15) is 31.9 Å². The third kappa shape index (κ3) is 5.69. The first-order valence-corrected chi connectivity index (χ1v) is 12.1. The summed E-state index contributed by atoms with van der Waals surface area (Å²) in [5.74, 6) is 0.710. The zero-order valence-electron chi connectivity index (χ0n) is 19.7. The number of aliphatic imine (C=N–C) groups is 1. The van der Waals surface area contributed by atoms with Crippen molar-refractivity contribution in [2.75, 3.05) is 38.2 Å². The maximum absolute atomic E-state index is 12.4. The summed E-state index contributed by atoms with van der Waals surface area (Å²) >= 11 is 1.47. The second-order valence-electron chi connectivity index (χ2n) is 9.24. The van der Waals surface area contributed by atoms with Crippen LogP contribution in [0.5, 0.6) is 5.75 Å². The van der Waals surface area contributed by atoms with E-state index in [1.165, 1.54) is 17.3 Å². The number of nitrogens with zero attached hydrogens (tertiary/aromatic N) is 3. The summed E-state index contributed by atoms with van der Waals surface area (Å²) in [7, 11) is 1.69. The molecule has 2 aliphatic rings. The van der Waals surface area contributed by atoms with Crippen LogP contribution in [-0.4, -0.2) is 49.3 Å². The summed E-state index contributed by atoms with van der Waals surface area (Å²) in [6, 6.07) is 16.7. The zero-order chi connectivity index (χ0) is 23.4. The van der Waals surface area contributed by atoms with E-state index in [4.69, 9.17) is 4.74 Å². The Morgan fingerprint density at radius 1 is 1.00 bits per heavy atom. The fourth-order valence-corrected chi connectivity index (χ4v) is 4.77.